The van der Waals surface area contributed by atoms with Crippen LogP contribution < -0.4 is 10.6 Å². The molecule has 0 heterocycles. The first-order valence-corrected chi connectivity index (χ1v) is 10.5. The summed E-state index contributed by atoms with van der Waals surface area (Å²) in [6, 6.07) is 24.4. The number of hydrogen-bond acceptors (Lipinski definition) is 2. The van der Waals surface area contributed by atoms with E-state index >= 15 is 0 Å². The molecule has 0 aromatic heterocycles. The van der Waals surface area contributed by atoms with Crippen LogP contribution in [0.25, 0.3) is 0 Å². The van der Waals surface area contributed by atoms with Crippen molar-refractivity contribution in [1.29, 1.82) is 0 Å². The molecule has 0 spiro atoms. The Bertz CT molecular complexity index is 937. The second-order valence-corrected chi connectivity index (χ2v) is 7.89. The van der Waals surface area contributed by atoms with Crippen LogP contribution in [0.4, 0.5) is 13.2 Å². The van der Waals surface area contributed by atoms with Crippen LogP contribution in [0.2, 0.25) is 0 Å². The zero-order valence-corrected chi connectivity index (χ0v) is 17.9. The third-order valence-corrected chi connectivity index (χ3v) is 5.46. The maximum Gasteiger partial charge on any atom is 0.416 e. The fourth-order valence-electron chi connectivity index (χ4n) is 3.81. The zero-order valence-electron chi connectivity index (χ0n) is 17.9. The molecule has 0 fully saturated rings. The average molecular weight is 427 g/mol. The highest BCUT2D eigenvalue weighted by molar-refractivity contribution is 5.28. The number of likely N-dealkylation sites (N-methyl/N-ethyl adjacent to an activating group) is 1. The van der Waals surface area contributed by atoms with Crippen LogP contribution in [-0.4, -0.2) is 13.6 Å². The van der Waals surface area contributed by atoms with E-state index in [0.29, 0.717) is 6.42 Å². The van der Waals surface area contributed by atoms with Crippen molar-refractivity contribution in [2.24, 2.45) is 0 Å². The lowest BCUT2D eigenvalue weighted by Gasteiger charge is -2.27. The topological polar surface area (TPSA) is 24.1 Å². The van der Waals surface area contributed by atoms with Gasteiger partial charge in [0.25, 0.3) is 0 Å². The van der Waals surface area contributed by atoms with E-state index in [0.717, 1.165) is 30.7 Å². The van der Waals surface area contributed by atoms with Crippen LogP contribution in [0, 0.1) is 6.92 Å². The fraction of sp³-hybridized carbons (Fsp3) is 0.308. The molecule has 0 saturated carbocycles. The molecule has 3 rings (SSSR count). The Morgan fingerprint density at radius 2 is 1.48 bits per heavy atom. The van der Waals surface area contributed by atoms with Crippen molar-refractivity contribution in [3.05, 3.63) is 107 Å². The van der Waals surface area contributed by atoms with E-state index in [-0.39, 0.29) is 12.1 Å². The van der Waals surface area contributed by atoms with Crippen molar-refractivity contribution in [2.75, 3.05) is 13.6 Å². The van der Waals surface area contributed by atoms with E-state index in [9.17, 15) is 13.2 Å². The van der Waals surface area contributed by atoms with Crippen molar-refractivity contribution < 1.29 is 13.2 Å². The van der Waals surface area contributed by atoms with Crippen LogP contribution in [0.15, 0.2) is 78.9 Å². The van der Waals surface area contributed by atoms with Crippen LogP contribution in [0.5, 0.6) is 0 Å². The van der Waals surface area contributed by atoms with Crippen molar-refractivity contribution in [3.8, 4) is 0 Å². The molecule has 2 N–H and O–H groups in total. The lowest BCUT2D eigenvalue weighted by molar-refractivity contribution is -0.137. The minimum atomic E-state index is -4.31. The minimum absolute atomic E-state index is 0.0701. The molecule has 3 aromatic carbocycles. The summed E-state index contributed by atoms with van der Waals surface area (Å²) in [5.41, 5.74) is 3.86. The Hall–Kier alpha value is -2.63. The summed E-state index contributed by atoms with van der Waals surface area (Å²) in [4.78, 5) is 0. The van der Waals surface area contributed by atoms with E-state index in [1.54, 1.807) is 12.1 Å². The molecule has 0 unspecified atom stereocenters. The van der Waals surface area contributed by atoms with Crippen molar-refractivity contribution in [2.45, 2.75) is 38.0 Å². The Labute approximate surface area is 182 Å². The van der Waals surface area contributed by atoms with Gasteiger partial charge in [-0.05, 0) is 55.6 Å². The number of benzene rings is 3. The molecule has 0 radical (unpaired) electrons. The molecular weight excluding hydrogens is 397 g/mol. The third kappa shape index (κ3) is 6.68. The van der Waals surface area contributed by atoms with Crippen LogP contribution in [-0.2, 0) is 12.6 Å². The van der Waals surface area contributed by atoms with Gasteiger partial charge in [0.2, 0.25) is 0 Å². The summed E-state index contributed by atoms with van der Waals surface area (Å²) in [5, 5.41) is 7.04. The normalized spacial score (nSPS) is 13.7. The monoisotopic (exact) mass is 426 g/mol. The lowest BCUT2D eigenvalue weighted by atomic mass is 9.95. The predicted molar refractivity (Wildman–Crippen MR) is 120 cm³/mol. The SMILES string of the molecule is CNC[C@H](N[C@@H](CCc1ccc(C(F)(F)F)cc1)c1cccc(C)c1)c1ccccc1. The van der Waals surface area contributed by atoms with E-state index in [1.807, 2.05) is 31.3 Å². The van der Waals surface area contributed by atoms with E-state index in [1.165, 1.54) is 16.7 Å². The highest BCUT2D eigenvalue weighted by Crippen LogP contribution is 2.30. The molecular formula is C26H29F3N2. The molecule has 5 heteroatoms. The number of rotatable bonds is 9. The van der Waals surface area contributed by atoms with Crippen LogP contribution >= 0.6 is 0 Å². The molecule has 0 saturated heterocycles. The van der Waals surface area contributed by atoms with Gasteiger partial charge in [-0.15, -0.1) is 0 Å². The summed E-state index contributed by atoms with van der Waals surface area (Å²) in [6.45, 7) is 2.84. The number of alkyl halides is 3. The van der Waals surface area contributed by atoms with Gasteiger partial charge in [0.05, 0.1) is 5.56 Å². The molecule has 31 heavy (non-hydrogen) atoms. The first-order chi connectivity index (χ1) is 14.9. The fourth-order valence-corrected chi connectivity index (χ4v) is 3.81. The highest BCUT2D eigenvalue weighted by atomic mass is 19.4. The zero-order chi connectivity index (χ0) is 22.3. The van der Waals surface area contributed by atoms with Gasteiger partial charge in [-0.1, -0.05) is 72.3 Å². The Kier molecular flexibility index (Phi) is 7.88. The maximum atomic E-state index is 12.9. The highest BCUT2D eigenvalue weighted by Gasteiger charge is 2.30. The first-order valence-electron chi connectivity index (χ1n) is 10.5. The van der Waals surface area contributed by atoms with Gasteiger partial charge >= 0.3 is 6.18 Å². The van der Waals surface area contributed by atoms with E-state index in [2.05, 4.69) is 47.9 Å². The maximum absolute atomic E-state index is 12.9. The summed E-state index contributed by atoms with van der Waals surface area (Å²) in [6.07, 6.45) is -2.84. The van der Waals surface area contributed by atoms with Gasteiger partial charge in [-0.2, -0.15) is 13.2 Å². The molecule has 3 aromatic rings. The molecule has 0 aliphatic rings. The van der Waals surface area contributed by atoms with Gasteiger partial charge in [0, 0.05) is 18.6 Å². The molecule has 2 nitrogen and oxygen atoms in total. The Morgan fingerprint density at radius 3 is 2.10 bits per heavy atom. The number of aryl methyl sites for hydroxylation is 2. The Balaban J connectivity index is 1.79. The van der Waals surface area contributed by atoms with Crippen molar-refractivity contribution in [3.63, 3.8) is 0 Å². The molecule has 164 valence electrons. The first kappa shape index (κ1) is 23.0. The minimum Gasteiger partial charge on any atom is -0.318 e. The van der Waals surface area contributed by atoms with E-state index in [4.69, 9.17) is 0 Å². The number of nitrogens with one attached hydrogen (secondary N) is 2. The number of hydrogen-bond donors (Lipinski definition) is 2. The van der Waals surface area contributed by atoms with Crippen LogP contribution in [0.1, 0.15) is 46.3 Å². The molecule has 0 aliphatic heterocycles. The summed E-state index contributed by atoms with van der Waals surface area (Å²) in [5.74, 6) is 0. The van der Waals surface area contributed by atoms with E-state index < -0.39 is 11.7 Å². The second-order valence-electron chi connectivity index (χ2n) is 7.89. The lowest BCUT2D eigenvalue weighted by Crippen LogP contribution is -2.33. The van der Waals surface area contributed by atoms with Crippen LogP contribution in [0.3, 0.4) is 0 Å². The third-order valence-electron chi connectivity index (χ3n) is 5.46. The van der Waals surface area contributed by atoms with Gasteiger partial charge < -0.3 is 10.6 Å². The predicted octanol–water partition coefficient (Wildman–Crippen LogP) is 6.24. The summed E-state index contributed by atoms with van der Waals surface area (Å²) >= 11 is 0. The van der Waals surface area contributed by atoms with Gasteiger partial charge in [0.1, 0.15) is 0 Å². The van der Waals surface area contributed by atoms with Crippen molar-refractivity contribution in [1.82, 2.24) is 10.6 Å². The molecule has 0 aliphatic carbocycles. The average Bonchev–Trinajstić information content (AvgIpc) is 2.76. The van der Waals surface area contributed by atoms with Crippen molar-refractivity contribution >= 4 is 0 Å². The Morgan fingerprint density at radius 1 is 0.806 bits per heavy atom. The van der Waals surface area contributed by atoms with Gasteiger partial charge in [-0.25, -0.2) is 0 Å². The standard InChI is InChI=1S/C26H29F3N2/c1-19-7-6-10-22(17-19)24(31-25(18-30-2)21-8-4-3-5-9-21)16-13-20-11-14-23(15-12-20)26(27,28)29/h3-12,14-15,17,24-25,30-31H,13,16,18H2,1-2H3/t24-,25-/m0/s1. The second kappa shape index (κ2) is 10.6. The quantitative estimate of drug-likeness (QED) is 0.423. The van der Waals surface area contributed by atoms with Gasteiger partial charge in [-0.3, -0.25) is 0 Å². The molecule has 0 amide bonds. The molecule has 0 bridgehead atoms. The van der Waals surface area contributed by atoms with Gasteiger partial charge in [0.15, 0.2) is 0 Å². The smallest absolute Gasteiger partial charge is 0.318 e. The molecule has 2 atom stereocenters. The summed E-state index contributed by atoms with van der Waals surface area (Å²) in [7, 11) is 1.93. The summed E-state index contributed by atoms with van der Waals surface area (Å²) < 4.78 is 38.6. The number of halogens is 3. The largest absolute Gasteiger partial charge is 0.416 e.